The standard InChI is InChI=1S/C13H26N2O2S2.ClH/c1-3-19(17)11-6-4-5-10(9-11)15-13(16)12(14)7-8-18-2;/h10-12H,3-9,14H2,1-2H3,(H,15,16);1H/t10?,11?,12-,19?;/m0./s1. The third-order valence-electron chi connectivity index (χ3n) is 3.60. The lowest BCUT2D eigenvalue weighted by atomic mass is 9.94. The summed E-state index contributed by atoms with van der Waals surface area (Å²) in [6, 6.07) is -0.258. The van der Waals surface area contributed by atoms with E-state index in [1.54, 1.807) is 11.8 Å². The molecule has 1 aliphatic rings. The molecule has 1 amide bonds. The molecule has 0 heterocycles. The predicted octanol–water partition coefficient (Wildman–Crippen LogP) is 1.68. The minimum absolute atomic E-state index is 0. The van der Waals surface area contributed by atoms with E-state index in [1.807, 2.05) is 13.2 Å². The van der Waals surface area contributed by atoms with Gasteiger partial charge in [-0.25, -0.2) is 0 Å². The lowest BCUT2D eigenvalue weighted by molar-refractivity contribution is -0.123. The Hall–Kier alpha value is 0.220. The maximum absolute atomic E-state index is 11.9. The molecule has 0 bridgehead atoms. The monoisotopic (exact) mass is 342 g/mol. The van der Waals surface area contributed by atoms with E-state index in [4.69, 9.17) is 5.73 Å². The number of thioether (sulfide) groups is 1. The number of hydrogen-bond donors (Lipinski definition) is 2. The largest absolute Gasteiger partial charge is 0.352 e. The second kappa shape index (κ2) is 10.9. The zero-order valence-electron chi connectivity index (χ0n) is 12.3. The highest BCUT2D eigenvalue weighted by molar-refractivity contribution is 7.98. The minimum atomic E-state index is -0.750. The molecule has 0 aliphatic heterocycles. The Morgan fingerprint density at radius 1 is 1.50 bits per heavy atom. The molecule has 0 aromatic rings. The number of nitrogens with two attached hydrogens (primary N) is 1. The quantitative estimate of drug-likeness (QED) is 0.738. The van der Waals surface area contributed by atoms with Crippen LogP contribution in [0.3, 0.4) is 0 Å². The fourth-order valence-corrected chi connectivity index (χ4v) is 4.27. The average Bonchev–Trinajstić information content (AvgIpc) is 2.44. The van der Waals surface area contributed by atoms with Crippen molar-refractivity contribution in [3.05, 3.63) is 0 Å². The van der Waals surface area contributed by atoms with Gasteiger partial charge in [0.2, 0.25) is 5.91 Å². The molecule has 0 radical (unpaired) electrons. The third kappa shape index (κ3) is 6.78. The number of halogens is 1. The van der Waals surface area contributed by atoms with E-state index < -0.39 is 16.8 Å². The molecule has 0 saturated heterocycles. The Morgan fingerprint density at radius 3 is 2.80 bits per heavy atom. The summed E-state index contributed by atoms with van der Waals surface area (Å²) in [5.41, 5.74) is 5.86. The first-order chi connectivity index (χ1) is 9.08. The maximum atomic E-state index is 11.9. The number of rotatable bonds is 7. The van der Waals surface area contributed by atoms with Crippen molar-refractivity contribution in [2.45, 2.75) is 56.4 Å². The Balaban J connectivity index is 0.00000361. The van der Waals surface area contributed by atoms with Crippen LogP contribution in [0.2, 0.25) is 0 Å². The molecule has 3 unspecified atom stereocenters. The van der Waals surface area contributed by atoms with E-state index in [9.17, 15) is 9.00 Å². The van der Waals surface area contributed by atoms with Gasteiger partial charge in [0.25, 0.3) is 0 Å². The second-order valence-electron chi connectivity index (χ2n) is 5.05. The first-order valence-electron chi connectivity index (χ1n) is 7.00. The SMILES string of the molecule is CCS(=O)C1CCCC(NC(=O)[C@@H](N)CCSC)C1.Cl. The Morgan fingerprint density at radius 2 is 2.20 bits per heavy atom. The fraction of sp³-hybridized carbons (Fsp3) is 0.923. The topological polar surface area (TPSA) is 72.2 Å². The van der Waals surface area contributed by atoms with Crippen LogP contribution in [0.15, 0.2) is 0 Å². The van der Waals surface area contributed by atoms with Crippen molar-refractivity contribution in [3.63, 3.8) is 0 Å². The number of nitrogens with one attached hydrogen (secondary N) is 1. The molecule has 3 N–H and O–H groups in total. The first kappa shape index (κ1) is 20.2. The Labute approximate surface area is 135 Å². The molecular formula is C13H27ClN2O2S2. The van der Waals surface area contributed by atoms with Crippen molar-refractivity contribution < 1.29 is 9.00 Å². The van der Waals surface area contributed by atoms with Crippen LogP contribution in [-0.2, 0) is 15.6 Å². The second-order valence-corrected chi connectivity index (χ2v) is 8.04. The van der Waals surface area contributed by atoms with Crippen LogP contribution in [0, 0.1) is 0 Å². The number of carbonyl (C=O) groups is 1. The summed E-state index contributed by atoms with van der Waals surface area (Å²) >= 11 is 1.70. The Kier molecular flexibility index (Phi) is 11.0. The predicted molar refractivity (Wildman–Crippen MR) is 91.1 cm³/mol. The maximum Gasteiger partial charge on any atom is 0.237 e. The van der Waals surface area contributed by atoms with Crippen molar-refractivity contribution in [1.29, 1.82) is 0 Å². The van der Waals surface area contributed by atoms with E-state index in [2.05, 4.69) is 5.32 Å². The molecule has 0 spiro atoms. The van der Waals surface area contributed by atoms with Crippen LogP contribution < -0.4 is 11.1 Å². The molecule has 4 nitrogen and oxygen atoms in total. The van der Waals surface area contributed by atoms with E-state index in [-0.39, 0.29) is 29.6 Å². The van der Waals surface area contributed by atoms with Gasteiger partial charge in [0.05, 0.1) is 6.04 Å². The van der Waals surface area contributed by atoms with Gasteiger partial charge in [-0.05, 0) is 37.7 Å². The molecule has 0 aromatic carbocycles. The van der Waals surface area contributed by atoms with Crippen molar-refractivity contribution in [2.75, 3.05) is 17.8 Å². The molecule has 1 aliphatic carbocycles. The summed E-state index contributed by atoms with van der Waals surface area (Å²) in [6.45, 7) is 1.95. The molecular weight excluding hydrogens is 316 g/mol. The first-order valence-corrected chi connectivity index (χ1v) is 9.78. The summed E-state index contributed by atoms with van der Waals surface area (Å²) in [6.07, 6.45) is 6.60. The average molecular weight is 343 g/mol. The van der Waals surface area contributed by atoms with Gasteiger partial charge in [0, 0.05) is 27.8 Å². The normalized spacial score (nSPS) is 25.4. The smallest absolute Gasteiger partial charge is 0.237 e. The van der Waals surface area contributed by atoms with Crippen LogP contribution in [0.4, 0.5) is 0 Å². The van der Waals surface area contributed by atoms with E-state index in [0.717, 1.165) is 31.4 Å². The summed E-state index contributed by atoms with van der Waals surface area (Å²) in [4.78, 5) is 11.9. The molecule has 0 aromatic heterocycles. The van der Waals surface area contributed by atoms with Crippen LogP contribution in [0.5, 0.6) is 0 Å². The molecule has 7 heteroatoms. The zero-order chi connectivity index (χ0) is 14.3. The lowest BCUT2D eigenvalue weighted by Crippen LogP contribution is -2.48. The van der Waals surface area contributed by atoms with E-state index in [1.165, 1.54) is 0 Å². The van der Waals surface area contributed by atoms with E-state index in [0.29, 0.717) is 12.2 Å². The van der Waals surface area contributed by atoms with Gasteiger partial charge in [0.1, 0.15) is 0 Å². The zero-order valence-corrected chi connectivity index (χ0v) is 14.7. The summed E-state index contributed by atoms with van der Waals surface area (Å²) in [5.74, 6) is 1.56. The summed E-state index contributed by atoms with van der Waals surface area (Å²) in [5, 5.41) is 3.27. The van der Waals surface area contributed by atoms with Gasteiger partial charge in [-0.1, -0.05) is 13.3 Å². The molecule has 1 saturated carbocycles. The fourth-order valence-electron chi connectivity index (χ4n) is 2.43. The van der Waals surface area contributed by atoms with Gasteiger partial charge in [0.15, 0.2) is 0 Å². The van der Waals surface area contributed by atoms with Gasteiger partial charge < -0.3 is 11.1 Å². The summed E-state index contributed by atoms with van der Waals surface area (Å²) < 4.78 is 11.8. The van der Waals surface area contributed by atoms with Crippen molar-refractivity contribution in [3.8, 4) is 0 Å². The van der Waals surface area contributed by atoms with Crippen LogP contribution >= 0.6 is 24.2 Å². The van der Waals surface area contributed by atoms with Crippen molar-refractivity contribution in [1.82, 2.24) is 5.32 Å². The van der Waals surface area contributed by atoms with Crippen molar-refractivity contribution in [2.24, 2.45) is 5.73 Å². The lowest BCUT2D eigenvalue weighted by Gasteiger charge is -2.29. The highest BCUT2D eigenvalue weighted by Crippen LogP contribution is 2.23. The van der Waals surface area contributed by atoms with Gasteiger partial charge in [-0.15, -0.1) is 12.4 Å². The number of carbonyl (C=O) groups excluding carboxylic acids is 1. The Bertz CT molecular complexity index is 319. The van der Waals surface area contributed by atoms with Gasteiger partial charge in [-0.2, -0.15) is 11.8 Å². The molecule has 1 rings (SSSR count). The molecule has 20 heavy (non-hydrogen) atoms. The van der Waals surface area contributed by atoms with Crippen LogP contribution in [0.1, 0.15) is 39.0 Å². The number of hydrogen-bond acceptors (Lipinski definition) is 4. The van der Waals surface area contributed by atoms with Crippen molar-refractivity contribution >= 4 is 40.9 Å². The third-order valence-corrected chi connectivity index (χ3v) is 5.98. The van der Waals surface area contributed by atoms with Crippen LogP contribution in [0.25, 0.3) is 0 Å². The highest BCUT2D eigenvalue weighted by Gasteiger charge is 2.27. The highest BCUT2D eigenvalue weighted by atomic mass is 35.5. The van der Waals surface area contributed by atoms with E-state index >= 15 is 0 Å². The van der Waals surface area contributed by atoms with Gasteiger partial charge in [-0.3, -0.25) is 9.00 Å². The molecule has 4 atom stereocenters. The minimum Gasteiger partial charge on any atom is -0.352 e. The van der Waals surface area contributed by atoms with Gasteiger partial charge >= 0.3 is 0 Å². The number of amides is 1. The summed E-state index contributed by atoms with van der Waals surface area (Å²) in [7, 11) is -0.750. The molecule has 120 valence electrons. The van der Waals surface area contributed by atoms with Crippen LogP contribution in [-0.4, -0.2) is 45.2 Å². The molecule has 1 fully saturated rings.